The summed E-state index contributed by atoms with van der Waals surface area (Å²) in [5.41, 5.74) is 10.6. The molecule has 0 radical (unpaired) electrons. The van der Waals surface area contributed by atoms with Gasteiger partial charge in [-0.1, -0.05) is 49.6 Å². The molecule has 15 rings (SSSR count). The fraction of sp³-hybridized carbons (Fsp3) is 0.379. The Hall–Kier alpha value is -13.7. The number of nitrogens with zero attached hydrogens (tertiary/aromatic N) is 9. The summed E-state index contributed by atoms with van der Waals surface area (Å²) in [7, 11) is 7.24. The molecular weight excluding hydrogens is 1640 g/mol. The summed E-state index contributed by atoms with van der Waals surface area (Å²) < 4.78 is 55.8. The topological polar surface area (TPSA) is 367 Å². The van der Waals surface area contributed by atoms with Gasteiger partial charge in [-0.2, -0.15) is 9.59 Å². The molecule has 128 heavy (non-hydrogen) atoms. The van der Waals surface area contributed by atoms with Crippen LogP contribution in [0.15, 0.2) is 178 Å². The second kappa shape index (κ2) is 43.5. The van der Waals surface area contributed by atoms with Crippen LogP contribution in [-0.4, -0.2) is 183 Å². The number of fused-ring (bicyclic) bond motifs is 4. The zero-order chi connectivity index (χ0) is 90.5. The summed E-state index contributed by atoms with van der Waals surface area (Å²) >= 11 is 0. The van der Waals surface area contributed by atoms with Crippen molar-refractivity contribution in [2.75, 3.05) is 89.1 Å². The van der Waals surface area contributed by atoms with Crippen LogP contribution in [0.4, 0.5) is 49.4 Å². The van der Waals surface area contributed by atoms with Crippen molar-refractivity contribution < 1.29 is 90.6 Å². The fourth-order valence-corrected chi connectivity index (χ4v) is 16.5. The molecule has 5 N–H and O–H groups in total. The number of nitrogens with one attached hydrogen (secondary N) is 5. The summed E-state index contributed by atoms with van der Waals surface area (Å²) in [5.74, 6) is -0.877. The number of pyridine rings is 1. The molecule has 4 aromatic carbocycles. The lowest BCUT2D eigenvalue weighted by Crippen LogP contribution is -2.57. The molecule has 0 spiro atoms. The molecule has 672 valence electrons. The Morgan fingerprint density at radius 3 is 1.35 bits per heavy atom. The molecule has 6 atom stereocenters. The van der Waals surface area contributed by atoms with Gasteiger partial charge in [0.2, 0.25) is 11.8 Å². The SMILES string of the molecule is C=CCOC(=O)N1c2cc(OCCCC(=O)Nc3cc(C(=O)Nc4ccc(-c5cc(C(=O)Nc6cccnc6)n(C)c5)cc4)n(C)c3)c(C)cc2C(=O)N2CCCC[C@H]2C1OC1CCCCO1.C=CCOC(=O)N1c2cc(OCCCC(=O)Nc3cc(C(=O)Nc4ccc(-c5ccn(C)c5)cc4)n(C)c3)c(C)cc2C(=O)N2CCCC[C@H]2C1OC1CCCCO1.O=C=O. The Bertz CT molecular complexity index is 5520. The van der Waals surface area contributed by atoms with Crippen LogP contribution in [0.3, 0.4) is 0 Å². The van der Waals surface area contributed by atoms with Crippen LogP contribution in [0.25, 0.3) is 22.3 Å². The highest BCUT2D eigenvalue weighted by Gasteiger charge is 2.49. The first kappa shape index (κ1) is 92.0. The molecule has 6 aliphatic heterocycles. The Morgan fingerprint density at radius 2 is 0.930 bits per heavy atom. The van der Waals surface area contributed by atoms with E-state index in [0.717, 1.165) is 73.6 Å². The molecule has 9 aromatic rings. The number of benzene rings is 4. The minimum absolute atomic E-state index is 0.0155. The van der Waals surface area contributed by atoms with E-state index in [4.69, 9.17) is 47.5 Å². The van der Waals surface area contributed by atoms with Gasteiger partial charge in [-0.15, -0.1) is 0 Å². The van der Waals surface area contributed by atoms with Gasteiger partial charge in [-0.3, -0.25) is 38.5 Å². The quantitative estimate of drug-likeness (QED) is 0.0225. The van der Waals surface area contributed by atoms with Crippen molar-refractivity contribution in [3.8, 4) is 33.8 Å². The van der Waals surface area contributed by atoms with E-state index in [1.807, 2.05) is 96.3 Å². The van der Waals surface area contributed by atoms with Crippen molar-refractivity contribution >= 4 is 99.5 Å². The molecule has 0 bridgehead atoms. The average molecular weight is 1750 g/mol. The highest BCUT2D eigenvalue weighted by molar-refractivity contribution is 6.09. The maximum absolute atomic E-state index is 14.2. The number of aromatic nitrogens is 5. The molecule has 5 aromatic heterocycles. The van der Waals surface area contributed by atoms with Gasteiger partial charge in [-0.05, 0) is 204 Å². The third kappa shape index (κ3) is 22.7. The van der Waals surface area contributed by atoms with Gasteiger partial charge in [-0.25, -0.2) is 19.4 Å². The first-order valence-electron chi connectivity index (χ1n) is 43.1. The van der Waals surface area contributed by atoms with E-state index in [1.165, 1.54) is 22.0 Å². The minimum atomic E-state index is -0.863. The van der Waals surface area contributed by atoms with Crippen LogP contribution >= 0.6 is 0 Å². The fourth-order valence-electron chi connectivity index (χ4n) is 16.5. The monoisotopic (exact) mass is 1750 g/mol. The van der Waals surface area contributed by atoms with Crippen molar-refractivity contribution in [2.24, 2.45) is 28.2 Å². The lowest BCUT2D eigenvalue weighted by Gasteiger charge is -2.42. The van der Waals surface area contributed by atoms with E-state index in [9.17, 15) is 43.2 Å². The number of rotatable bonds is 28. The minimum Gasteiger partial charge on any atom is -0.493 e. The standard InChI is InChI=1S/C50H56N8O9.C44H52N6O8.CO2/c1-5-22-66-50(63)58-40-28-43(32(2)25-38(40)48(62)57-21-8-6-13-39(57)49(58)67-45-15-7-9-23-65-45)64-24-11-14-44(59)52-37-27-42(56(4)31-37)47(61)53-35-18-16-33(17-19-35)34-26-41(55(3)30-34)46(60)54-36-12-10-20-51-29-36;1-5-21-57-44(54)50-36-26-38(29(2)24-34(36)42(53)49-19-8-6-11-35(49)43(50)58-40-13-7-9-22-56-40)55-23-10-12-39(51)45-33-25-37(48(4)28-33)41(52)46-32-16-14-30(15-17-32)31-18-20-47(3)27-31;2-1-3/h5,10,12,16-20,25-31,39,45,49H,1,6-9,11,13-15,21-24H2,2-4H3,(H,52,59)(H,53,61)(H,54,60);5,14-18,20,24-28,35,40,43H,1,6-13,19,21-23H2,2-4H3,(H,45,51)(H,46,52);/t39-,45?,49?;35-,40?,43?;/m00./s1. The molecule has 4 saturated heterocycles. The van der Waals surface area contributed by atoms with Gasteiger partial charge < -0.3 is 92.5 Å². The number of amides is 9. The molecule has 9 amide bonds. The van der Waals surface area contributed by atoms with Gasteiger partial charge >= 0.3 is 18.3 Å². The number of anilines is 7. The largest absolute Gasteiger partial charge is 0.493 e. The predicted octanol–water partition coefficient (Wildman–Crippen LogP) is 14.9. The normalized spacial score (nSPS) is 18.1. The number of carbonyl (C=O) groups is 9. The highest BCUT2D eigenvalue weighted by atomic mass is 16.7. The molecule has 4 unspecified atom stereocenters. The maximum atomic E-state index is 14.2. The number of hydrogen-bond donors (Lipinski definition) is 5. The van der Waals surface area contributed by atoms with Crippen molar-refractivity contribution in [3.63, 3.8) is 0 Å². The van der Waals surface area contributed by atoms with Crippen LogP contribution in [0.5, 0.6) is 11.5 Å². The van der Waals surface area contributed by atoms with E-state index >= 15 is 0 Å². The maximum Gasteiger partial charge on any atom is 0.416 e. The van der Waals surface area contributed by atoms with Crippen molar-refractivity contribution in [1.82, 2.24) is 33.1 Å². The Kier molecular flexibility index (Phi) is 31.2. The predicted molar refractivity (Wildman–Crippen MR) is 477 cm³/mol. The van der Waals surface area contributed by atoms with Crippen LogP contribution in [-0.2, 0) is 75.8 Å². The van der Waals surface area contributed by atoms with Crippen LogP contribution in [0.2, 0.25) is 0 Å². The molecule has 4 fully saturated rings. The van der Waals surface area contributed by atoms with E-state index in [-0.39, 0.29) is 86.8 Å². The number of aryl methyl sites for hydroxylation is 6. The summed E-state index contributed by atoms with van der Waals surface area (Å²) in [5, 5.41) is 14.4. The average Bonchev–Trinajstić information content (AvgIpc) is 1.60. The van der Waals surface area contributed by atoms with E-state index in [0.29, 0.717) is 155 Å². The first-order valence-corrected chi connectivity index (χ1v) is 43.1. The van der Waals surface area contributed by atoms with Crippen molar-refractivity contribution in [1.29, 1.82) is 0 Å². The van der Waals surface area contributed by atoms with Gasteiger partial charge in [0.15, 0.2) is 25.0 Å². The summed E-state index contributed by atoms with van der Waals surface area (Å²) in [6.45, 7) is 13.6. The van der Waals surface area contributed by atoms with Crippen molar-refractivity contribution in [2.45, 2.75) is 154 Å². The second-order valence-electron chi connectivity index (χ2n) is 32.1. The zero-order valence-electron chi connectivity index (χ0n) is 72.7. The van der Waals surface area contributed by atoms with Crippen LogP contribution < -0.4 is 45.9 Å². The van der Waals surface area contributed by atoms with Gasteiger partial charge in [0.05, 0.1) is 71.1 Å². The molecule has 33 nitrogen and oxygen atoms in total. The van der Waals surface area contributed by atoms with Gasteiger partial charge in [0.25, 0.3) is 29.5 Å². The van der Waals surface area contributed by atoms with Gasteiger partial charge in [0, 0.05) is 134 Å². The summed E-state index contributed by atoms with van der Waals surface area (Å²) in [6, 6.07) is 31.6. The lowest BCUT2D eigenvalue weighted by atomic mass is 10.00. The first-order chi connectivity index (χ1) is 62.0. The number of hydrogen-bond acceptors (Lipinski definition) is 20. The number of piperidine rings is 2. The van der Waals surface area contributed by atoms with E-state index in [1.54, 1.807) is 126 Å². The molecular formula is C95H108N14O19. The second-order valence-corrected chi connectivity index (χ2v) is 32.1. The third-order valence-electron chi connectivity index (χ3n) is 22.9. The van der Waals surface area contributed by atoms with Crippen LogP contribution in [0, 0.1) is 13.8 Å². The van der Waals surface area contributed by atoms with Gasteiger partial charge in [0.1, 0.15) is 41.8 Å². The Balaban J connectivity index is 0.000000214. The van der Waals surface area contributed by atoms with Crippen LogP contribution in [0.1, 0.15) is 166 Å². The number of ether oxygens (including phenoxy) is 8. The molecule has 6 aliphatic rings. The molecule has 0 aliphatic carbocycles. The van der Waals surface area contributed by atoms with Crippen molar-refractivity contribution in [3.05, 3.63) is 217 Å². The summed E-state index contributed by atoms with van der Waals surface area (Å²) in [6.07, 6.45) is 22.4. The zero-order valence-corrected chi connectivity index (χ0v) is 72.7. The summed E-state index contributed by atoms with van der Waals surface area (Å²) in [4.78, 5) is 149. The third-order valence-corrected chi connectivity index (χ3v) is 22.9. The lowest BCUT2D eigenvalue weighted by molar-refractivity contribution is -0.199. The van der Waals surface area contributed by atoms with E-state index < -0.39 is 49.3 Å². The Labute approximate surface area is 741 Å². The molecule has 11 heterocycles. The Morgan fingerprint density at radius 1 is 0.492 bits per heavy atom. The molecule has 33 heteroatoms. The molecule has 0 saturated carbocycles. The smallest absolute Gasteiger partial charge is 0.416 e. The highest BCUT2D eigenvalue weighted by Crippen LogP contribution is 2.43. The van der Waals surface area contributed by atoms with E-state index in [2.05, 4.69) is 44.7 Å². The number of carbonyl (C=O) groups excluding carboxylic acids is 11.